The van der Waals surface area contributed by atoms with E-state index in [2.05, 4.69) is 17.0 Å². The molecule has 0 saturated carbocycles. The first kappa shape index (κ1) is 21.6. The van der Waals surface area contributed by atoms with E-state index in [1.807, 2.05) is 32.0 Å². The number of imide groups is 1. The number of amides is 2. The Balaban J connectivity index is 1.42. The molecule has 5 nitrogen and oxygen atoms in total. The SMILES string of the molecule is CC(C)Oc1ccc(C2=C(Cl)C(=O)N(C3CCN(Cc4ccccc4)CC3)C2=O)cc1. The van der Waals surface area contributed by atoms with Gasteiger partial charge in [-0.15, -0.1) is 0 Å². The number of halogens is 1. The molecule has 1 saturated heterocycles. The average Bonchev–Trinajstić information content (AvgIpc) is 2.98. The van der Waals surface area contributed by atoms with E-state index in [1.54, 1.807) is 24.3 Å². The maximum Gasteiger partial charge on any atom is 0.273 e. The summed E-state index contributed by atoms with van der Waals surface area (Å²) < 4.78 is 5.66. The molecular weight excluding hydrogens is 412 g/mol. The van der Waals surface area contributed by atoms with Crippen molar-refractivity contribution in [3.05, 3.63) is 70.8 Å². The van der Waals surface area contributed by atoms with Crippen LogP contribution in [-0.4, -0.2) is 46.8 Å². The van der Waals surface area contributed by atoms with Gasteiger partial charge < -0.3 is 4.74 Å². The van der Waals surface area contributed by atoms with E-state index in [-0.39, 0.29) is 34.6 Å². The smallest absolute Gasteiger partial charge is 0.273 e. The minimum atomic E-state index is -0.384. The minimum absolute atomic E-state index is 0.00856. The number of ether oxygens (including phenoxy) is 1. The molecule has 2 amide bonds. The maximum absolute atomic E-state index is 13.2. The molecule has 4 rings (SSSR count). The zero-order valence-corrected chi connectivity index (χ0v) is 18.6. The van der Waals surface area contributed by atoms with Crippen LogP contribution in [0.2, 0.25) is 0 Å². The topological polar surface area (TPSA) is 49.9 Å². The van der Waals surface area contributed by atoms with Gasteiger partial charge in [0, 0.05) is 25.7 Å². The average molecular weight is 439 g/mol. The third kappa shape index (κ3) is 4.68. The summed E-state index contributed by atoms with van der Waals surface area (Å²) in [5.41, 5.74) is 2.20. The fourth-order valence-electron chi connectivity index (χ4n) is 4.25. The van der Waals surface area contributed by atoms with Gasteiger partial charge in [-0.2, -0.15) is 0 Å². The minimum Gasteiger partial charge on any atom is -0.491 e. The van der Waals surface area contributed by atoms with Gasteiger partial charge in [0.2, 0.25) is 0 Å². The van der Waals surface area contributed by atoms with Crippen molar-refractivity contribution in [2.24, 2.45) is 0 Å². The maximum atomic E-state index is 13.2. The lowest BCUT2D eigenvalue weighted by molar-refractivity contribution is -0.140. The van der Waals surface area contributed by atoms with E-state index < -0.39 is 0 Å². The lowest BCUT2D eigenvalue weighted by Gasteiger charge is -2.36. The van der Waals surface area contributed by atoms with Crippen LogP contribution < -0.4 is 4.74 Å². The zero-order chi connectivity index (χ0) is 22.0. The number of benzene rings is 2. The van der Waals surface area contributed by atoms with Crippen LogP contribution >= 0.6 is 11.6 Å². The van der Waals surface area contributed by atoms with Gasteiger partial charge in [0.1, 0.15) is 10.8 Å². The summed E-state index contributed by atoms with van der Waals surface area (Å²) in [4.78, 5) is 29.8. The second-order valence-corrected chi connectivity index (χ2v) is 8.73. The number of hydrogen-bond donors (Lipinski definition) is 0. The number of carbonyl (C=O) groups is 2. The van der Waals surface area contributed by atoms with Crippen molar-refractivity contribution in [2.75, 3.05) is 13.1 Å². The van der Waals surface area contributed by atoms with Gasteiger partial charge in [-0.05, 0) is 49.9 Å². The number of hydrogen-bond acceptors (Lipinski definition) is 4. The predicted molar refractivity (Wildman–Crippen MR) is 122 cm³/mol. The van der Waals surface area contributed by atoms with Crippen molar-refractivity contribution in [3.8, 4) is 5.75 Å². The summed E-state index contributed by atoms with van der Waals surface area (Å²) in [6.45, 7) is 6.46. The molecule has 2 aromatic carbocycles. The van der Waals surface area contributed by atoms with E-state index in [0.29, 0.717) is 5.56 Å². The second-order valence-electron chi connectivity index (χ2n) is 8.35. The van der Waals surface area contributed by atoms with Crippen molar-refractivity contribution in [2.45, 2.75) is 45.4 Å². The summed E-state index contributed by atoms with van der Waals surface area (Å²) >= 11 is 6.36. The monoisotopic (exact) mass is 438 g/mol. The van der Waals surface area contributed by atoms with E-state index in [1.165, 1.54) is 10.5 Å². The van der Waals surface area contributed by atoms with Crippen molar-refractivity contribution < 1.29 is 14.3 Å². The number of likely N-dealkylation sites (tertiary alicyclic amines) is 1. The summed E-state index contributed by atoms with van der Waals surface area (Å²) in [5.74, 6) is 0.0367. The summed E-state index contributed by atoms with van der Waals surface area (Å²) in [6.07, 6.45) is 1.57. The highest BCUT2D eigenvalue weighted by Gasteiger charge is 2.42. The first-order valence-corrected chi connectivity index (χ1v) is 11.1. The molecule has 2 aromatic rings. The quantitative estimate of drug-likeness (QED) is 0.625. The van der Waals surface area contributed by atoms with Gasteiger partial charge in [-0.25, -0.2) is 0 Å². The Labute approximate surface area is 188 Å². The Hall–Kier alpha value is -2.63. The van der Waals surface area contributed by atoms with Crippen molar-refractivity contribution >= 4 is 29.0 Å². The molecular formula is C25H27ClN2O3. The number of rotatable bonds is 6. The molecule has 0 N–H and O–H groups in total. The van der Waals surface area contributed by atoms with Gasteiger partial charge >= 0.3 is 0 Å². The van der Waals surface area contributed by atoms with Crippen LogP contribution in [0.25, 0.3) is 5.57 Å². The fraction of sp³-hybridized carbons (Fsp3) is 0.360. The molecule has 31 heavy (non-hydrogen) atoms. The first-order valence-electron chi connectivity index (χ1n) is 10.7. The Bertz CT molecular complexity index is 978. The third-order valence-corrected chi connectivity index (χ3v) is 6.10. The zero-order valence-electron chi connectivity index (χ0n) is 17.9. The molecule has 0 radical (unpaired) electrons. The molecule has 2 aliphatic rings. The highest BCUT2D eigenvalue weighted by atomic mass is 35.5. The van der Waals surface area contributed by atoms with Crippen molar-refractivity contribution in [1.29, 1.82) is 0 Å². The van der Waals surface area contributed by atoms with Gasteiger partial charge in [0.15, 0.2) is 0 Å². The van der Waals surface area contributed by atoms with Crippen LogP contribution in [0, 0.1) is 0 Å². The molecule has 0 spiro atoms. The highest BCUT2D eigenvalue weighted by Crippen LogP contribution is 2.35. The van der Waals surface area contributed by atoms with Gasteiger partial charge in [-0.3, -0.25) is 19.4 Å². The Kier molecular flexibility index (Phi) is 6.44. The van der Waals surface area contributed by atoms with E-state index in [4.69, 9.17) is 16.3 Å². The van der Waals surface area contributed by atoms with E-state index in [0.717, 1.165) is 38.2 Å². The van der Waals surface area contributed by atoms with Gasteiger partial charge in [-0.1, -0.05) is 54.1 Å². The number of piperidine rings is 1. The normalized spacial score (nSPS) is 18.4. The lowest BCUT2D eigenvalue weighted by Crippen LogP contribution is -2.47. The van der Waals surface area contributed by atoms with Crippen LogP contribution in [0.5, 0.6) is 5.75 Å². The van der Waals surface area contributed by atoms with Crippen LogP contribution in [-0.2, 0) is 16.1 Å². The van der Waals surface area contributed by atoms with Crippen LogP contribution in [0.1, 0.15) is 37.8 Å². The predicted octanol–water partition coefficient (Wildman–Crippen LogP) is 4.46. The molecule has 0 bridgehead atoms. The lowest BCUT2D eigenvalue weighted by atomic mass is 10.0. The van der Waals surface area contributed by atoms with E-state index >= 15 is 0 Å². The van der Waals surface area contributed by atoms with Gasteiger partial charge in [0.05, 0.1) is 11.7 Å². The van der Waals surface area contributed by atoms with Crippen molar-refractivity contribution in [3.63, 3.8) is 0 Å². The molecule has 0 atom stereocenters. The molecule has 0 aliphatic carbocycles. The standard InChI is InChI=1S/C25H27ClN2O3/c1-17(2)31-21-10-8-19(9-11-21)22-23(26)25(30)28(24(22)29)20-12-14-27(15-13-20)16-18-6-4-3-5-7-18/h3-11,17,20H,12-16H2,1-2H3. The Morgan fingerprint density at radius 3 is 2.23 bits per heavy atom. The van der Waals surface area contributed by atoms with Crippen LogP contribution in [0.15, 0.2) is 59.6 Å². The van der Waals surface area contributed by atoms with Crippen LogP contribution in [0.4, 0.5) is 0 Å². The Morgan fingerprint density at radius 2 is 1.61 bits per heavy atom. The van der Waals surface area contributed by atoms with Gasteiger partial charge in [0.25, 0.3) is 11.8 Å². The van der Waals surface area contributed by atoms with Crippen LogP contribution in [0.3, 0.4) is 0 Å². The highest BCUT2D eigenvalue weighted by molar-refractivity contribution is 6.55. The first-order chi connectivity index (χ1) is 14.9. The number of nitrogens with zero attached hydrogens (tertiary/aromatic N) is 2. The summed E-state index contributed by atoms with van der Waals surface area (Å²) in [6, 6.07) is 17.4. The molecule has 0 aromatic heterocycles. The molecule has 6 heteroatoms. The Morgan fingerprint density at radius 1 is 0.968 bits per heavy atom. The second kappa shape index (κ2) is 9.25. The summed E-state index contributed by atoms with van der Waals surface area (Å²) in [7, 11) is 0. The van der Waals surface area contributed by atoms with E-state index in [9.17, 15) is 9.59 Å². The molecule has 2 aliphatic heterocycles. The largest absolute Gasteiger partial charge is 0.491 e. The van der Waals surface area contributed by atoms with Crippen molar-refractivity contribution in [1.82, 2.24) is 9.80 Å². The molecule has 2 heterocycles. The molecule has 162 valence electrons. The third-order valence-electron chi connectivity index (χ3n) is 5.74. The summed E-state index contributed by atoms with van der Waals surface area (Å²) in [5, 5.41) is 0.00856. The molecule has 0 unspecified atom stereocenters. The number of carbonyl (C=O) groups excluding carboxylic acids is 2. The molecule has 1 fully saturated rings. The fourth-order valence-corrected chi connectivity index (χ4v) is 4.53.